The van der Waals surface area contributed by atoms with E-state index >= 15 is 0 Å². The number of benzene rings is 2. The molecule has 2 aromatic carbocycles. The lowest BCUT2D eigenvalue weighted by atomic mass is 9.98. The molecule has 1 N–H and O–H groups in total. The Bertz CT molecular complexity index is 1200. The highest BCUT2D eigenvalue weighted by molar-refractivity contribution is 5.87. The van der Waals surface area contributed by atoms with E-state index in [1.54, 1.807) is 7.11 Å². The molecule has 3 heterocycles. The van der Waals surface area contributed by atoms with Crippen molar-refractivity contribution in [1.82, 2.24) is 14.1 Å². The van der Waals surface area contributed by atoms with Crippen molar-refractivity contribution in [3.63, 3.8) is 0 Å². The number of hydrogen-bond donors (Lipinski definition) is 1. The molecule has 1 aliphatic rings. The number of methoxy groups -OCH3 is 1. The molecule has 136 valence electrons. The van der Waals surface area contributed by atoms with Gasteiger partial charge in [0.2, 0.25) is 0 Å². The maximum absolute atomic E-state index is 13.0. The number of H-pyrrole nitrogens is 1. The Balaban J connectivity index is 1.60. The predicted octanol–water partition coefficient (Wildman–Crippen LogP) is 3.70. The van der Waals surface area contributed by atoms with Crippen molar-refractivity contribution >= 4 is 10.9 Å². The van der Waals surface area contributed by atoms with Gasteiger partial charge in [0.15, 0.2) is 0 Å². The maximum Gasteiger partial charge on any atom is 0.329 e. The molecule has 0 amide bonds. The first kappa shape index (κ1) is 16.0. The SMILES string of the molecule is COc1ccc2[nH]c3c(c2c1)Cc1cn(Cc2ccccc2)c(=O)n1C3C. The summed E-state index contributed by atoms with van der Waals surface area (Å²) in [5.41, 5.74) is 5.69. The van der Waals surface area contributed by atoms with Crippen LogP contribution < -0.4 is 10.4 Å². The van der Waals surface area contributed by atoms with Gasteiger partial charge in [-0.05, 0) is 36.2 Å². The molecule has 5 heteroatoms. The lowest BCUT2D eigenvalue weighted by Crippen LogP contribution is -2.30. The van der Waals surface area contributed by atoms with Gasteiger partial charge in [0.25, 0.3) is 0 Å². The highest BCUT2D eigenvalue weighted by atomic mass is 16.5. The summed E-state index contributed by atoms with van der Waals surface area (Å²) >= 11 is 0. The topological polar surface area (TPSA) is 51.9 Å². The fourth-order valence-electron chi connectivity index (χ4n) is 4.23. The smallest absolute Gasteiger partial charge is 0.329 e. The van der Waals surface area contributed by atoms with Gasteiger partial charge in [-0.25, -0.2) is 4.79 Å². The van der Waals surface area contributed by atoms with Gasteiger partial charge in [0.1, 0.15) is 5.75 Å². The predicted molar refractivity (Wildman–Crippen MR) is 106 cm³/mol. The normalized spacial score (nSPS) is 15.6. The maximum atomic E-state index is 13.0. The molecule has 0 saturated carbocycles. The number of aromatic amines is 1. The molecular formula is C22H21N3O2. The number of nitrogens with zero attached hydrogens (tertiary/aromatic N) is 2. The van der Waals surface area contributed by atoms with E-state index in [1.165, 1.54) is 10.9 Å². The van der Waals surface area contributed by atoms with Gasteiger partial charge in [-0.15, -0.1) is 0 Å². The van der Waals surface area contributed by atoms with Crippen molar-refractivity contribution in [1.29, 1.82) is 0 Å². The summed E-state index contributed by atoms with van der Waals surface area (Å²) in [6, 6.07) is 16.2. The average Bonchev–Trinajstić information content (AvgIpc) is 3.21. The van der Waals surface area contributed by atoms with Crippen LogP contribution in [0.2, 0.25) is 0 Å². The number of fused-ring (bicyclic) bond motifs is 4. The summed E-state index contributed by atoms with van der Waals surface area (Å²) < 4.78 is 9.13. The number of hydrogen-bond acceptors (Lipinski definition) is 2. The van der Waals surface area contributed by atoms with Crippen molar-refractivity contribution in [2.24, 2.45) is 0 Å². The van der Waals surface area contributed by atoms with Gasteiger partial charge in [0, 0.05) is 34.9 Å². The first-order valence-corrected chi connectivity index (χ1v) is 9.18. The van der Waals surface area contributed by atoms with Crippen LogP contribution in [0.5, 0.6) is 5.75 Å². The lowest BCUT2D eigenvalue weighted by molar-refractivity contribution is 0.415. The Hall–Kier alpha value is -3.21. The first-order valence-electron chi connectivity index (χ1n) is 9.18. The van der Waals surface area contributed by atoms with Crippen LogP contribution in [-0.2, 0) is 13.0 Å². The number of rotatable bonds is 3. The summed E-state index contributed by atoms with van der Waals surface area (Å²) in [5.74, 6) is 0.849. The van der Waals surface area contributed by atoms with Gasteiger partial charge in [-0.3, -0.25) is 9.13 Å². The zero-order valence-corrected chi connectivity index (χ0v) is 15.4. The minimum absolute atomic E-state index is 0.0216. The van der Waals surface area contributed by atoms with Crippen LogP contribution in [0.25, 0.3) is 10.9 Å². The second kappa shape index (κ2) is 5.91. The minimum atomic E-state index is -0.0216. The van der Waals surface area contributed by atoms with Gasteiger partial charge in [0.05, 0.1) is 19.7 Å². The molecule has 1 aliphatic heterocycles. The summed E-state index contributed by atoms with van der Waals surface area (Å²) in [7, 11) is 1.68. The molecule has 2 aromatic heterocycles. The molecule has 4 aromatic rings. The van der Waals surface area contributed by atoms with Crippen LogP contribution in [0.4, 0.5) is 0 Å². The Morgan fingerprint density at radius 1 is 1.19 bits per heavy atom. The zero-order valence-electron chi connectivity index (χ0n) is 15.4. The fourth-order valence-corrected chi connectivity index (χ4v) is 4.23. The van der Waals surface area contributed by atoms with E-state index < -0.39 is 0 Å². The molecule has 0 bridgehead atoms. The summed E-state index contributed by atoms with van der Waals surface area (Å²) in [6.45, 7) is 2.68. The molecule has 0 radical (unpaired) electrons. The van der Waals surface area contributed by atoms with Crippen molar-refractivity contribution in [2.75, 3.05) is 7.11 Å². The lowest BCUT2D eigenvalue weighted by Gasteiger charge is -2.21. The third kappa shape index (κ3) is 2.42. The molecule has 0 spiro atoms. The molecular weight excluding hydrogens is 338 g/mol. The van der Waals surface area contributed by atoms with Crippen LogP contribution in [-0.4, -0.2) is 21.2 Å². The van der Waals surface area contributed by atoms with Crippen molar-refractivity contribution < 1.29 is 4.74 Å². The van der Waals surface area contributed by atoms with Crippen molar-refractivity contribution in [3.05, 3.63) is 87.7 Å². The van der Waals surface area contributed by atoms with Gasteiger partial charge in [-0.2, -0.15) is 0 Å². The summed E-state index contributed by atoms with van der Waals surface area (Å²) in [4.78, 5) is 16.6. The molecule has 0 aliphatic carbocycles. The van der Waals surface area contributed by atoms with E-state index in [4.69, 9.17) is 4.74 Å². The average molecular weight is 359 g/mol. The van der Waals surface area contributed by atoms with Crippen LogP contribution in [0, 0.1) is 0 Å². The second-order valence-corrected chi connectivity index (χ2v) is 7.17. The quantitative estimate of drug-likeness (QED) is 0.606. The Kier molecular flexibility index (Phi) is 3.50. The highest BCUT2D eigenvalue weighted by Crippen LogP contribution is 2.36. The molecule has 1 atom stereocenters. The van der Waals surface area contributed by atoms with Gasteiger partial charge in [-0.1, -0.05) is 30.3 Å². The van der Waals surface area contributed by atoms with E-state index in [0.717, 1.165) is 34.6 Å². The van der Waals surface area contributed by atoms with Crippen molar-refractivity contribution in [3.8, 4) is 5.75 Å². The van der Waals surface area contributed by atoms with Gasteiger partial charge >= 0.3 is 5.69 Å². The number of nitrogens with one attached hydrogen (secondary N) is 1. The zero-order chi connectivity index (χ0) is 18.5. The van der Waals surface area contributed by atoms with Gasteiger partial charge < -0.3 is 9.72 Å². The first-order chi connectivity index (χ1) is 13.2. The highest BCUT2D eigenvalue weighted by Gasteiger charge is 2.28. The third-order valence-corrected chi connectivity index (χ3v) is 5.57. The Morgan fingerprint density at radius 3 is 2.78 bits per heavy atom. The van der Waals surface area contributed by atoms with Crippen molar-refractivity contribution in [2.45, 2.75) is 25.9 Å². The monoisotopic (exact) mass is 359 g/mol. The largest absolute Gasteiger partial charge is 0.497 e. The summed E-state index contributed by atoms with van der Waals surface area (Å²) in [5, 5.41) is 1.17. The van der Waals surface area contributed by atoms with Crippen LogP contribution in [0.15, 0.2) is 59.5 Å². The number of aromatic nitrogens is 3. The third-order valence-electron chi connectivity index (χ3n) is 5.57. The van der Waals surface area contributed by atoms with E-state index in [-0.39, 0.29) is 11.7 Å². The van der Waals surface area contributed by atoms with E-state index in [2.05, 4.69) is 30.1 Å². The fraction of sp³-hybridized carbons (Fsp3) is 0.227. The number of imidazole rings is 1. The minimum Gasteiger partial charge on any atom is -0.497 e. The van der Waals surface area contributed by atoms with Crippen LogP contribution in [0.1, 0.15) is 35.5 Å². The summed E-state index contributed by atoms with van der Waals surface area (Å²) in [6.07, 6.45) is 2.75. The van der Waals surface area contributed by atoms with E-state index in [1.807, 2.05) is 45.7 Å². The molecule has 1 unspecified atom stereocenters. The molecule has 5 nitrogen and oxygen atoms in total. The molecule has 0 saturated heterocycles. The Morgan fingerprint density at radius 2 is 2.00 bits per heavy atom. The van der Waals surface area contributed by atoms with Crippen LogP contribution >= 0.6 is 0 Å². The Labute approximate surface area is 156 Å². The molecule has 27 heavy (non-hydrogen) atoms. The standard InChI is InChI=1S/C22H21N3O2/c1-14-21-19(18-11-17(27-2)8-9-20(18)23-21)10-16-13-24(22(26)25(14)16)12-15-6-4-3-5-7-15/h3-9,11,13-14,23H,10,12H2,1-2H3. The second-order valence-electron chi connectivity index (χ2n) is 7.17. The van der Waals surface area contributed by atoms with E-state index in [9.17, 15) is 4.79 Å². The molecule has 5 rings (SSSR count). The van der Waals surface area contributed by atoms with Crippen LogP contribution in [0.3, 0.4) is 0 Å². The number of ether oxygens (including phenoxy) is 1. The molecule has 0 fully saturated rings. The van der Waals surface area contributed by atoms with E-state index in [0.29, 0.717) is 6.54 Å².